The summed E-state index contributed by atoms with van der Waals surface area (Å²) in [6, 6.07) is 0. The van der Waals surface area contributed by atoms with Crippen LogP contribution in [-0.2, 0) is 4.74 Å². The average molecular weight is 189 g/mol. The van der Waals surface area contributed by atoms with Gasteiger partial charge in [0, 0.05) is 0 Å². The summed E-state index contributed by atoms with van der Waals surface area (Å²) < 4.78 is 4.76. The Morgan fingerprint density at radius 2 is 2.50 bits per heavy atom. The molecule has 0 saturated carbocycles. The van der Waals surface area contributed by atoms with Gasteiger partial charge < -0.3 is 0 Å². The molecule has 0 aromatic heterocycles. The van der Waals surface area contributed by atoms with Crippen molar-refractivity contribution in [2.45, 2.75) is 13.3 Å². The first-order valence-electron chi connectivity index (χ1n) is 2.52. The Labute approximate surface area is 69.8 Å². The van der Waals surface area contributed by atoms with Gasteiger partial charge in [-0.1, -0.05) is 0 Å². The van der Waals surface area contributed by atoms with Crippen molar-refractivity contribution in [1.82, 2.24) is 0 Å². The summed E-state index contributed by atoms with van der Waals surface area (Å²) >= 11 is 0.978. The minimum absolute atomic E-state index is 0.0195. The van der Waals surface area contributed by atoms with Gasteiger partial charge in [0.1, 0.15) is 0 Å². The second-order valence-electron chi connectivity index (χ2n) is 1.30. The van der Waals surface area contributed by atoms with Crippen LogP contribution in [0.15, 0.2) is 0 Å². The summed E-state index contributed by atoms with van der Waals surface area (Å²) in [5.41, 5.74) is 0. The number of carbonyl (C=O) groups excluding carboxylic acids is 1. The number of hydrogen-bond acceptors (Lipinski definition) is 2. The van der Waals surface area contributed by atoms with Crippen LogP contribution in [0.2, 0.25) is 0 Å². The van der Waals surface area contributed by atoms with E-state index in [1.165, 1.54) is 0 Å². The predicted molar refractivity (Wildman–Crippen MR) is 33.1 cm³/mol. The number of carbonyl (C=O) groups is 1. The minimum atomic E-state index is 0.0195. The van der Waals surface area contributed by atoms with Gasteiger partial charge in [0.05, 0.1) is 0 Å². The molecule has 4 heteroatoms. The van der Waals surface area contributed by atoms with Crippen molar-refractivity contribution in [3.63, 3.8) is 0 Å². The van der Waals surface area contributed by atoms with Gasteiger partial charge in [0.2, 0.25) is 0 Å². The van der Waals surface area contributed by atoms with E-state index in [1.807, 2.05) is 6.92 Å². The molecule has 0 N–H and O–H groups in total. The first kappa shape index (κ1) is 8.99. The van der Waals surface area contributed by atoms with E-state index in [0.717, 1.165) is 31.8 Å². The Kier molecular flexibility index (Phi) is 6.87. The van der Waals surface area contributed by atoms with Crippen LogP contribution in [0, 0.1) is 0 Å². The van der Waals surface area contributed by atoms with Crippen LogP contribution in [0.1, 0.15) is 13.3 Å². The summed E-state index contributed by atoms with van der Waals surface area (Å²) in [6.07, 6.45) is 0.934. The van der Waals surface area contributed by atoms with Crippen molar-refractivity contribution in [2.75, 3.05) is 6.61 Å². The molecule has 0 atom stereocenters. The molecule has 0 aliphatic carbocycles. The molecular weight excluding hydrogens is 182 g/mol. The third kappa shape index (κ3) is 5.13. The van der Waals surface area contributed by atoms with Crippen molar-refractivity contribution in [2.24, 2.45) is 0 Å². The van der Waals surface area contributed by atoms with Crippen LogP contribution in [-0.4, -0.2) is 47.4 Å². The molecule has 0 amide bonds. The van der Waals surface area contributed by atoms with Gasteiger partial charge in [-0.25, -0.2) is 0 Å². The van der Waals surface area contributed by atoms with E-state index in [9.17, 15) is 4.79 Å². The van der Waals surface area contributed by atoms with Crippen LogP contribution in [0.25, 0.3) is 0 Å². The molecule has 0 spiro atoms. The number of hydrogen-bond donors (Lipinski definition) is 0. The fraction of sp³-hybridized carbons (Fsp3) is 0.750. The zero-order chi connectivity index (χ0) is 6.41. The summed E-state index contributed by atoms with van der Waals surface area (Å²) in [4.78, 5) is 10.4. The van der Waals surface area contributed by atoms with Crippen molar-refractivity contribution in [3.8, 4) is 0 Å². The zero-order valence-electron chi connectivity index (χ0n) is 5.14. The maximum atomic E-state index is 10.4. The molecule has 42 valence electrons. The monoisotopic (exact) mass is 190 g/mol. The van der Waals surface area contributed by atoms with Gasteiger partial charge in [0.15, 0.2) is 0 Å². The molecule has 0 fully saturated rings. The standard InChI is InChI=1S/C4H8O2Se.Na/c1-2-3-6-4(5)7;/h2-3H2,1H3,(H,5,7);/q;+1/p-1. The molecule has 0 aromatic rings. The van der Waals surface area contributed by atoms with Crippen LogP contribution < -0.4 is 0 Å². The van der Waals surface area contributed by atoms with E-state index >= 15 is 0 Å². The van der Waals surface area contributed by atoms with Gasteiger partial charge >= 0.3 is 70.2 Å². The molecule has 0 saturated heterocycles. The topological polar surface area (TPSA) is 26.3 Å². The van der Waals surface area contributed by atoms with E-state index in [-0.39, 0.29) is 15.4 Å². The summed E-state index contributed by atoms with van der Waals surface area (Å²) in [6.45, 7) is 2.59. The van der Waals surface area contributed by atoms with Gasteiger partial charge in [-0.05, 0) is 0 Å². The third-order valence-electron chi connectivity index (χ3n) is 0.591. The molecule has 0 heterocycles. The SMILES string of the molecule is CCCOC(=O)[Se][Na]. The van der Waals surface area contributed by atoms with E-state index in [4.69, 9.17) is 4.74 Å². The molecule has 0 radical (unpaired) electrons. The summed E-state index contributed by atoms with van der Waals surface area (Å²) in [7, 11) is 0.162. The fourth-order valence-electron chi connectivity index (χ4n) is 0.244. The molecule has 0 rings (SSSR count). The third-order valence-corrected chi connectivity index (χ3v) is 3.27. The summed E-state index contributed by atoms with van der Waals surface area (Å²) in [5, 5.41) is 0. The van der Waals surface area contributed by atoms with Gasteiger partial charge in [-0.3, -0.25) is 0 Å². The van der Waals surface area contributed by atoms with Gasteiger partial charge in [-0.2, -0.15) is 0 Å². The average Bonchev–Trinajstić information content (AvgIpc) is 1.83. The van der Waals surface area contributed by atoms with Crippen LogP contribution in [0.4, 0.5) is 4.79 Å². The van der Waals surface area contributed by atoms with E-state index in [2.05, 4.69) is 0 Å². The number of ether oxygens (including phenoxy) is 1. The van der Waals surface area contributed by atoms with Gasteiger partial charge in [-0.15, -0.1) is 0 Å². The van der Waals surface area contributed by atoms with Crippen molar-refractivity contribution >= 4 is 40.8 Å². The second-order valence-corrected chi connectivity index (χ2v) is 4.98. The molecule has 0 aromatic carbocycles. The summed E-state index contributed by atoms with van der Waals surface area (Å²) in [5.74, 6) is 0. The molecule has 0 bridgehead atoms. The van der Waals surface area contributed by atoms with E-state index < -0.39 is 0 Å². The maximum absolute atomic E-state index is 10.4. The first-order chi connectivity index (χ1) is 3.81. The Balaban J connectivity index is 2.99. The van der Waals surface area contributed by atoms with Crippen molar-refractivity contribution in [1.29, 1.82) is 0 Å². The molecule has 2 nitrogen and oxygen atoms in total. The Hall–Kier alpha value is 0.989. The van der Waals surface area contributed by atoms with Crippen LogP contribution in [0.5, 0.6) is 0 Å². The van der Waals surface area contributed by atoms with E-state index in [1.54, 1.807) is 0 Å². The van der Waals surface area contributed by atoms with Crippen LogP contribution in [0.3, 0.4) is 0 Å². The van der Waals surface area contributed by atoms with Gasteiger partial charge in [0.25, 0.3) is 0 Å². The van der Waals surface area contributed by atoms with Crippen molar-refractivity contribution in [3.05, 3.63) is 0 Å². The normalized spacial score (nSPS) is 8.88. The molecular formula is C4H7NaO2Se. The molecule has 0 aliphatic rings. The first-order valence-corrected chi connectivity index (χ1v) is 9.33. The van der Waals surface area contributed by atoms with Crippen molar-refractivity contribution < 1.29 is 9.53 Å². The molecule has 0 unspecified atom stereocenters. The van der Waals surface area contributed by atoms with E-state index in [0.29, 0.717) is 6.61 Å². The number of rotatable bonds is 3. The molecule has 0 aliphatic heterocycles. The quantitative estimate of drug-likeness (QED) is 0.597. The Morgan fingerprint density at radius 1 is 1.88 bits per heavy atom. The molecule has 8 heavy (non-hydrogen) atoms. The zero-order valence-corrected chi connectivity index (χ0v) is 8.85. The Morgan fingerprint density at radius 3 is 2.88 bits per heavy atom. The van der Waals surface area contributed by atoms with Crippen LogP contribution >= 0.6 is 0 Å². The fourth-order valence-corrected chi connectivity index (χ4v) is 1.28. The predicted octanol–water partition coefficient (Wildman–Crippen LogP) is 0.321. The Bertz CT molecular complexity index is 76.4. The second kappa shape index (κ2) is 6.11.